The van der Waals surface area contributed by atoms with E-state index in [1.807, 2.05) is 133 Å². The molecule has 8 nitrogen and oxygen atoms in total. The topological polar surface area (TPSA) is 93.5 Å². The number of nitrogens with one attached hydrogen (secondary N) is 1. The minimum absolute atomic E-state index is 0.0934. The van der Waals surface area contributed by atoms with Gasteiger partial charge in [0.25, 0.3) is 11.5 Å². The smallest absolute Gasteiger partial charge is 0.407 e. The summed E-state index contributed by atoms with van der Waals surface area (Å²) in [7, 11) is 0. The molecule has 0 spiro atoms. The first-order valence-corrected chi connectivity index (χ1v) is 15.9. The molecule has 1 N–H and O–H groups in total. The van der Waals surface area contributed by atoms with E-state index in [4.69, 9.17) is 9.72 Å². The fourth-order valence-electron chi connectivity index (χ4n) is 5.54. The summed E-state index contributed by atoms with van der Waals surface area (Å²) in [4.78, 5) is 48.0. The molecule has 0 saturated heterocycles. The predicted octanol–water partition coefficient (Wildman–Crippen LogP) is 7.33. The molecule has 3 aromatic carbocycles. The highest BCUT2D eigenvalue weighted by Crippen LogP contribution is 2.31. The molecule has 4 aromatic rings. The van der Waals surface area contributed by atoms with Gasteiger partial charge in [0.1, 0.15) is 11.4 Å². The van der Waals surface area contributed by atoms with Crippen molar-refractivity contribution < 1.29 is 14.3 Å². The van der Waals surface area contributed by atoms with Crippen molar-refractivity contribution in [3.05, 3.63) is 123 Å². The van der Waals surface area contributed by atoms with Gasteiger partial charge in [-0.3, -0.25) is 14.2 Å². The maximum atomic E-state index is 14.4. The molecule has 0 bridgehead atoms. The Morgan fingerprint density at radius 3 is 2.11 bits per heavy atom. The van der Waals surface area contributed by atoms with Crippen LogP contribution in [0, 0.1) is 19.8 Å². The Balaban J connectivity index is 1.81. The number of carbonyl (C=O) groups is 2. The molecular formula is C38H46N4O4. The van der Waals surface area contributed by atoms with Crippen LogP contribution in [0.4, 0.5) is 4.79 Å². The van der Waals surface area contributed by atoms with Gasteiger partial charge in [-0.25, -0.2) is 9.78 Å². The first-order chi connectivity index (χ1) is 21.9. The highest BCUT2D eigenvalue weighted by Gasteiger charge is 2.33. The SMILES string of the molecule is Cc1ccc(C(=O)N(CCCNC(=O)OC(C)(C)C)C(c2nc(C)c(-c3ccccc3)c(=O)n2Cc2ccccc2)C(C)C)cc1. The fraction of sp³-hybridized carbons (Fsp3) is 0.368. The molecule has 0 aliphatic rings. The standard InChI is InChI=1S/C38H46N4O4/c1-26(2)33(41(35(43)31-21-19-27(3)20-22-31)24-14-23-39-37(45)46-38(5,6)7)34-40-28(4)32(30-17-12-9-13-18-30)36(44)42(34)25-29-15-10-8-11-16-29/h8-13,15-22,26,33H,14,23-25H2,1-7H3,(H,39,45). The van der Waals surface area contributed by atoms with Gasteiger partial charge in [-0.1, -0.05) is 92.2 Å². The van der Waals surface area contributed by atoms with Crippen LogP contribution < -0.4 is 10.9 Å². The quantitative estimate of drug-likeness (QED) is 0.177. The summed E-state index contributed by atoms with van der Waals surface area (Å²) < 4.78 is 7.12. The van der Waals surface area contributed by atoms with E-state index in [-0.39, 0.29) is 17.4 Å². The van der Waals surface area contributed by atoms with Crippen molar-refractivity contribution in [3.8, 4) is 11.1 Å². The van der Waals surface area contributed by atoms with Gasteiger partial charge in [0, 0.05) is 18.7 Å². The number of nitrogens with zero attached hydrogens (tertiary/aromatic N) is 3. The van der Waals surface area contributed by atoms with E-state index in [0.29, 0.717) is 48.7 Å². The van der Waals surface area contributed by atoms with E-state index >= 15 is 0 Å². The number of ether oxygens (including phenoxy) is 1. The molecule has 1 heterocycles. The van der Waals surface area contributed by atoms with Gasteiger partial charge in [0.15, 0.2) is 0 Å². The second-order valence-electron chi connectivity index (χ2n) is 13.0. The van der Waals surface area contributed by atoms with E-state index in [1.54, 1.807) is 9.47 Å². The van der Waals surface area contributed by atoms with Gasteiger partial charge >= 0.3 is 6.09 Å². The molecule has 1 unspecified atom stereocenters. The maximum absolute atomic E-state index is 14.4. The average Bonchev–Trinajstić information content (AvgIpc) is 3.00. The maximum Gasteiger partial charge on any atom is 0.407 e. The van der Waals surface area contributed by atoms with Crippen molar-refractivity contribution in [2.75, 3.05) is 13.1 Å². The first kappa shape index (κ1) is 34.2. The minimum atomic E-state index is -0.613. The molecule has 0 aliphatic heterocycles. The summed E-state index contributed by atoms with van der Waals surface area (Å²) in [5, 5.41) is 2.81. The highest BCUT2D eigenvalue weighted by molar-refractivity contribution is 5.94. The lowest BCUT2D eigenvalue weighted by Gasteiger charge is -2.36. The van der Waals surface area contributed by atoms with E-state index < -0.39 is 17.7 Å². The van der Waals surface area contributed by atoms with Gasteiger partial charge in [-0.15, -0.1) is 0 Å². The third-order valence-electron chi connectivity index (χ3n) is 7.66. The summed E-state index contributed by atoms with van der Waals surface area (Å²) in [6.45, 7) is 14.3. The molecule has 1 aromatic heterocycles. The molecule has 1 atom stereocenters. The van der Waals surface area contributed by atoms with E-state index in [1.165, 1.54) is 0 Å². The fourth-order valence-corrected chi connectivity index (χ4v) is 5.54. The van der Waals surface area contributed by atoms with E-state index in [0.717, 1.165) is 16.7 Å². The number of hydrogen-bond donors (Lipinski definition) is 1. The Labute approximate surface area is 272 Å². The van der Waals surface area contributed by atoms with Gasteiger partial charge in [-0.2, -0.15) is 0 Å². The van der Waals surface area contributed by atoms with Crippen molar-refractivity contribution in [1.82, 2.24) is 19.8 Å². The third kappa shape index (κ3) is 8.71. The number of rotatable bonds is 11. The molecule has 2 amide bonds. The molecule has 242 valence electrons. The Kier molecular flexibility index (Phi) is 11.2. The van der Waals surface area contributed by atoms with Crippen LogP contribution in [0.25, 0.3) is 11.1 Å². The minimum Gasteiger partial charge on any atom is -0.444 e. The van der Waals surface area contributed by atoms with Crippen molar-refractivity contribution >= 4 is 12.0 Å². The highest BCUT2D eigenvalue weighted by atomic mass is 16.6. The van der Waals surface area contributed by atoms with Crippen molar-refractivity contribution in [2.24, 2.45) is 5.92 Å². The molecule has 46 heavy (non-hydrogen) atoms. The predicted molar refractivity (Wildman–Crippen MR) is 183 cm³/mol. The van der Waals surface area contributed by atoms with Crippen LogP contribution in [-0.2, 0) is 11.3 Å². The number of hydrogen-bond acceptors (Lipinski definition) is 5. The second-order valence-corrected chi connectivity index (χ2v) is 13.0. The number of aryl methyl sites for hydroxylation is 2. The summed E-state index contributed by atoms with van der Waals surface area (Å²) in [6, 6.07) is 26.4. The first-order valence-electron chi connectivity index (χ1n) is 15.9. The van der Waals surface area contributed by atoms with Gasteiger partial charge < -0.3 is 15.0 Å². The van der Waals surface area contributed by atoms with Crippen LogP contribution in [0.15, 0.2) is 89.7 Å². The van der Waals surface area contributed by atoms with Crippen LogP contribution in [0.3, 0.4) is 0 Å². The van der Waals surface area contributed by atoms with Gasteiger partial charge in [0.2, 0.25) is 0 Å². The number of alkyl carbamates (subject to hydrolysis) is 1. The largest absolute Gasteiger partial charge is 0.444 e. The summed E-state index contributed by atoms with van der Waals surface area (Å²) >= 11 is 0. The zero-order chi connectivity index (χ0) is 33.4. The van der Waals surface area contributed by atoms with Crippen molar-refractivity contribution in [3.63, 3.8) is 0 Å². The molecule has 0 aliphatic carbocycles. The van der Waals surface area contributed by atoms with Crippen molar-refractivity contribution in [2.45, 2.75) is 73.1 Å². The third-order valence-corrected chi connectivity index (χ3v) is 7.66. The van der Waals surface area contributed by atoms with E-state index in [2.05, 4.69) is 5.32 Å². The normalized spacial score (nSPS) is 12.1. The van der Waals surface area contributed by atoms with Crippen LogP contribution in [0.2, 0.25) is 0 Å². The van der Waals surface area contributed by atoms with Gasteiger partial charge in [0.05, 0.1) is 23.8 Å². The lowest BCUT2D eigenvalue weighted by molar-refractivity contribution is 0.0519. The lowest BCUT2D eigenvalue weighted by atomic mass is 9.98. The molecule has 8 heteroatoms. The van der Waals surface area contributed by atoms with Crippen LogP contribution in [0.5, 0.6) is 0 Å². The molecule has 0 radical (unpaired) electrons. The average molecular weight is 623 g/mol. The Bertz CT molecular complexity index is 1670. The summed E-state index contributed by atoms with van der Waals surface area (Å²) in [5.41, 5.74) is 3.73. The Morgan fingerprint density at radius 2 is 1.52 bits per heavy atom. The monoisotopic (exact) mass is 622 g/mol. The zero-order valence-electron chi connectivity index (χ0n) is 28.0. The van der Waals surface area contributed by atoms with Crippen LogP contribution in [-0.4, -0.2) is 45.1 Å². The lowest BCUT2D eigenvalue weighted by Crippen LogP contribution is -2.43. The van der Waals surface area contributed by atoms with Crippen LogP contribution >= 0.6 is 0 Å². The Hall–Kier alpha value is -4.72. The summed E-state index contributed by atoms with van der Waals surface area (Å²) in [6.07, 6.45) is -0.0286. The molecule has 0 fully saturated rings. The number of carbonyl (C=O) groups excluding carboxylic acids is 2. The van der Waals surface area contributed by atoms with Crippen LogP contribution in [0.1, 0.15) is 80.1 Å². The number of benzene rings is 3. The molecule has 4 rings (SSSR count). The molecule has 0 saturated carbocycles. The van der Waals surface area contributed by atoms with E-state index in [9.17, 15) is 14.4 Å². The van der Waals surface area contributed by atoms with Gasteiger partial charge in [-0.05, 0) is 70.2 Å². The Morgan fingerprint density at radius 1 is 0.913 bits per heavy atom. The second kappa shape index (κ2) is 15.0. The van der Waals surface area contributed by atoms with Crippen molar-refractivity contribution in [1.29, 1.82) is 0 Å². The molecular weight excluding hydrogens is 576 g/mol. The zero-order valence-corrected chi connectivity index (χ0v) is 28.0. The number of amides is 2. The number of aromatic nitrogens is 2. The summed E-state index contributed by atoms with van der Waals surface area (Å²) in [5.74, 6) is 0.270.